The Labute approximate surface area is 103 Å². The Balaban J connectivity index is 2.02. The van der Waals surface area contributed by atoms with E-state index in [0.717, 1.165) is 6.42 Å². The van der Waals surface area contributed by atoms with Gasteiger partial charge in [0.05, 0.1) is 6.61 Å². The van der Waals surface area contributed by atoms with Gasteiger partial charge in [-0.3, -0.25) is 4.57 Å². The van der Waals surface area contributed by atoms with Crippen LogP contribution in [-0.4, -0.2) is 35.3 Å². The molecule has 1 aliphatic rings. The lowest BCUT2D eigenvalue weighted by Crippen LogP contribution is -2.26. The van der Waals surface area contributed by atoms with E-state index in [2.05, 4.69) is 4.98 Å². The minimum atomic E-state index is -0.335. The minimum absolute atomic E-state index is 0.0301. The van der Waals surface area contributed by atoms with Crippen LogP contribution < -0.4 is 11.4 Å². The molecule has 2 rings (SSSR count). The number of nitrogens with zero attached hydrogens (tertiary/aromatic N) is 2. The molecule has 0 aliphatic carbocycles. The van der Waals surface area contributed by atoms with E-state index in [9.17, 15) is 4.79 Å². The quantitative estimate of drug-likeness (QED) is 0.843. The van der Waals surface area contributed by atoms with Gasteiger partial charge in [0.15, 0.2) is 0 Å². The molecule has 0 saturated carbocycles. The third-order valence-corrected chi connectivity index (χ3v) is 3.81. The smallest absolute Gasteiger partial charge is 0.350 e. The molecule has 2 heterocycles. The highest BCUT2D eigenvalue weighted by atomic mass is 32.2. The zero-order valence-electron chi connectivity index (χ0n) is 9.54. The second kappa shape index (κ2) is 5.52. The Hall–Kier alpha value is -1.05. The van der Waals surface area contributed by atoms with E-state index in [0.29, 0.717) is 13.2 Å². The molecule has 1 fully saturated rings. The number of nitrogens with two attached hydrogens (primary N) is 1. The molecule has 6 nitrogen and oxygen atoms in total. The highest BCUT2D eigenvalue weighted by Crippen LogP contribution is 2.36. The van der Waals surface area contributed by atoms with Crippen LogP contribution in [0.4, 0.5) is 5.82 Å². The van der Waals surface area contributed by atoms with Gasteiger partial charge >= 0.3 is 5.69 Å². The van der Waals surface area contributed by atoms with E-state index in [1.807, 2.05) is 0 Å². The molecule has 17 heavy (non-hydrogen) atoms. The first-order valence-corrected chi connectivity index (χ1v) is 6.25. The first-order chi connectivity index (χ1) is 8.20. The Kier molecular flexibility index (Phi) is 4.03. The average Bonchev–Trinajstić information content (AvgIpc) is 2.75. The lowest BCUT2D eigenvalue weighted by molar-refractivity contribution is 0.0924. The maximum absolute atomic E-state index is 11.6. The van der Waals surface area contributed by atoms with Crippen LogP contribution in [0.3, 0.4) is 0 Å². The number of methoxy groups -OCH3 is 1. The Morgan fingerprint density at radius 1 is 1.76 bits per heavy atom. The summed E-state index contributed by atoms with van der Waals surface area (Å²) in [6, 6.07) is 1.62. The Bertz CT molecular complexity index is 437. The van der Waals surface area contributed by atoms with Crippen LogP contribution in [0.5, 0.6) is 0 Å². The van der Waals surface area contributed by atoms with Crippen molar-refractivity contribution < 1.29 is 9.47 Å². The third-order valence-electron chi connectivity index (χ3n) is 2.45. The van der Waals surface area contributed by atoms with Crippen LogP contribution in [0.15, 0.2) is 17.1 Å². The second-order valence-electron chi connectivity index (χ2n) is 3.68. The van der Waals surface area contributed by atoms with E-state index >= 15 is 0 Å². The molecular weight excluding hydrogens is 242 g/mol. The van der Waals surface area contributed by atoms with Crippen molar-refractivity contribution in [2.75, 3.05) is 26.1 Å². The highest BCUT2D eigenvalue weighted by Gasteiger charge is 2.27. The third kappa shape index (κ3) is 2.99. The zero-order valence-corrected chi connectivity index (χ0v) is 10.4. The number of thioether (sulfide) groups is 1. The monoisotopic (exact) mass is 257 g/mol. The van der Waals surface area contributed by atoms with Crippen molar-refractivity contribution in [3.63, 3.8) is 0 Å². The molecule has 0 aromatic carbocycles. The normalized spacial score (nSPS) is 24.1. The van der Waals surface area contributed by atoms with Crippen LogP contribution in [0.1, 0.15) is 11.8 Å². The predicted molar refractivity (Wildman–Crippen MR) is 65.8 cm³/mol. The molecule has 1 aliphatic heterocycles. The molecule has 2 atom stereocenters. The molecule has 1 aromatic heterocycles. The van der Waals surface area contributed by atoms with Crippen LogP contribution in [0.2, 0.25) is 0 Å². The van der Waals surface area contributed by atoms with Gasteiger partial charge in [-0.05, 0) is 6.07 Å². The molecule has 0 unspecified atom stereocenters. The maximum Gasteiger partial charge on any atom is 0.350 e. The fraction of sp³-hybridized carbons (Fsp3) is 0.600. The predicted octanol–water partition coefficient (Wildman–Crippen LogP) is 0.450. The number of anilines is 1. The molecule has 1 aromatic rings. The molecule has 0 amide bonds. The van der Waals surface area contributed by atoms with E-state index in [1.165, 1.54) is 0 Å². The first kappa shape index (κ1) is 12.4. The molecule has 1 saturated heterocycles. The molecule has 0 bridgehead atoms. The number of nitrogen functional groups attached to an aromatic ring is 1. The number of rotatable bonds is 4. The average molecular weight is 257 g/mol. The summed E-state index contributed by atoms with van der Waals surface area (Å²) in [6.07, 6.45) is 2.47. The van der Waals surface area contributed by atoms with Crippen molar-refractivity contribution in [2.45, 2.75) is 17.2 Å². The van der Waals surface area contributed by atoms with Crippen molar-refractivity contribution in [1.29, 1.82) is 0 Å². The van der Waals surface area contributed by atoms with Crippen LogP contribution in [-0.2, 0) is 9.47 Å². The van der Waals surface area contributed by atoms with Crippen LogP contribution in [0, 0.1) is 0 Å². The molecule has 7 heteroatoms. The fourth-order valence-electron chi connectivity index (χ4n) is 1.60. The summed E-state index contributed by atoms with van der Waals surface area (Å²) in [5.41, 5.74) is 5.18. The minimum Gasteiger partial charge on any atom is -0.385 e. The Morgan fingerprint density at radius 3 is 3.29 bits per heavy atom. The molecule has 94 valence electrons. The Morgan fingerprint density at radius 2 is 2.59 bits per heavy atom. The van der Waals surface area contributed by atoms with Crippen LogP contribution >= 0.6 is 11.8 Å². The number of hydrogen-bond donors (Lipinski definition) is 1. The lowest BCUT2D eigenvalue weighted by atomic mass is 10.5. The van der Waals surface area contributed by atoms with Gasteiger partial charge < -0.3 is 15.2 Å². The first-order valence-electron chi connectivity index (χ1n) is 5.31. The van der Waals surface area contributed by atoms with Crippen molar-refractivity contribution >= 4 is 17.6 Å². The van der Waals surface area contributed by atoms with E-state index in [-0.39, 0.29) is 22.3 Å². The highest BCUT2D eigenvalue weighted by molar-refractivity contribution is 8.00. The topological polar surface area (TPSA) is 79.4 Å². The van der Waals surface area contributed by atoms with Gasteiger partial charge in [0.25, 0.3) is 0 Å². The van der Waals surface area contributed by atoms with Gasteiger partial charge in [0, 0.05) is 26.3 Å². The van der Waals surface area contributed by atoms with Crippen LogP contribution in [0.25, 0.3) is 0 Å². The summed E-state index contributed by atoms with van der Waals surface area (Å²) >= 11 is 1.60. The zero-order chi connectivity index (χ0) is 12.3. The van der Waals surface area contributed by atoms with Crippen molar-refractivity contribution in [3.05, 3.63) is 22.7 Å². The van der Waals surface area contributed by atoms with Gasteiger partial charge in [-0.15, -0.1) is 11.8 Å². The lowest BCUT2D eigenvalue weighted by Gasteiger charge is -2.11. The summed E-state index contributed by atoms with van der Waals surface area (Å²) in [5.74, 6) is 0.242. The molecule has 2 N–H and O–H groups in total. The summed E-state index contributed by atoms with van der Waals surface area (Å²) in [4.78, 5) is 15.3. The SMILES string of the molecule is COCC[C@@H]1OC[C@H](n2ccc(N)nc2=O)S1. The fourth-order valence-corrected chi connectivity index (χ4v) is 2.79. The number of aromatic nitrogens is 2. The molecule has 0 radical (unpaired) electrons. The molecule has 0 spiro atoms. The largest absolute Gasteiger partial charge is 0.385 e. The van der Waals surface area contributed by atoms with Crippen molar-refractivity contribution in [2.24, 2.45) is 0 Å². The van der Waals surface area contributed by atoms with E-state index in [1.54, 1.807) is 35.7 Å². The van der Waals surface area contributed by atoms with Gasteiger partial charge in [-0.25, -0.2) is 4.79 Å². The summed E-state index contributed by atoms with van der Waals surface area (Å²) in [5, 5.41) is -0.0301. The summed E-state index contributed by atoms with van der Waals surface area (Å²) in [7, 11) is 1.66. The second-order valence-corrected chi connectivity index (χ2v) is 5.02. The summed E-state index contributed by atoms with van der Waals surface area (Å²) in [6.45, 7) is 1.16. The van der Waals surface area contributed by atoms with Gasteiger partial charge in [-0.2, -0.15) is 4.98 Å². The van der Waals surface area contributed by atoms with E-state index in [4.69, 9.17) is 15.2 Å². The van der Waals surface area contributed by atoms with Gasteiger partial charge in [0.2, 0.25) is 0 Å². The van der Waals surface area contributed by atoms with Crippen molar-refractivity contribution in [3.8, 4) is 0 Å². The number of ether oxygens (including phenoxy) is 2. The van der Waals surface area contributed by atoms with Gasteiger partial charge in [-0.1, -0.05) is 0 Å². The summed E-state index contributed by atoms with van der Waals surface area (Å²) < 4.78 is 12.1. The molecular formula is C10H15N3O3S. The van der Waals surface area contributed by atoms with Crippen molar-refractivity contribution in [1.82, 2.24) is 9.55 Å². The maximum atomic E-state index is 11.6. The number of hydrogen-bond acceptors (Lipinski definition) is 6. The van der Waals surface area contributed by atoms with Gasteiger partial charge in [0.1, 0.15) is 16.6 Å². The van der Waals surface area contributed by atoms with E-state index < -0.39 is 0 Å². The standard InChI is InChI=1S/C10H15N3O3S/c1-15-5-3-9-16-6-8(17-9)13-4-2-7(11)12-10(13)14/h2,4,8-9H,3,5-6H2,1H3,(H2,11,12,14)/t8-,9-/m1/s1.